The number of hydrogen-bond acceptors (Lipinski definition) is 3. The Morgan fingerprint density at radius 3 is 2.73 bits per heavy atom. The fraction of sp³-hybridized carbons (Fsp3) is 0.125. The van der Waals surface area contributed by atoms with E-state index in [0.29, 0.717) is 31.9 Å². The van der Waals surface area contributed by atoms with E-state index in [1.807, 2.05) is 30.3 Å². The van der Waals surface area contributed by atoms with Crippen molar-refractivity contribution in [2.75, 3.05) is 0 Å². The van der Waals surface area contributed by atoms with E-state index < -0.39 is 0 Å². The van der Waals surface area contributed by atoms with Crippen molar-refractivity contribution in [2.45, 2.75) is 10.9 Å². The minimum absolute atomic E-state index is 0.0507. The van der Waals surface area contributed by atoms with Crippen molar-refractivity contribution < 1.29 is 0 Å². The summed E-state index contributed by atoms with van der Waals surface area (Å²) >= 11 is 13.7. The van der Waals surface area contributed by atoms with Crippen molar-refractivity contribution in [2.24, 2.45) is 7.05 Å². The molecule has 1 heterocycles. The molecule has 0 bridgehead atoms. The molecular weight excluding hydrogens is 339 g/mol. The van der Waals surface area contributed by atoms with Crippen LogP contribution in [0.15, 0.2) is 52.4 Å². The first-order chi connectivity index (χ1) is 10.6. The maximum Gasteiger partial charge on any atom is 0.261 e. The van der Waals surface area contributed by atoms with E-state index in [4.69, 9.17) is 23.2 Å². The molecule has 0 atom stereocenters. The van der Waals surface area contributed by atoms with Crippen LogP contribution in [0.2, 0.25) is 10.0 Å². The van der Waals surface area contributed by atoms with Crippen molar-refractivity contribution in [1.82, 2.24) is 9.55 Å². The molecule has 0 aliphatic heterocycles. The summed E-state index contributed by atoms with van der Waals surface area (Å²) in [6.07, 6.45) is 0. The van der Waals surface area contributed by atoms with Crippen molar-refractivity contribution in [3.05, 3.63) is 68.4 Å². The van der Waals surface area contributed by atoms with Gasteiger partial charge in [-0.2, -0.15) is 0 Å². The predicted octanol–water partition coefficient (Wildman–Crippen LogP) is 4.53. The lowest BCUT2D eigenvalue weighted by Crippen LogP contribution is -2.19. The number of benzene rings is 2. The van der Waals surface area contributed by atoms with E-state index in [1.54, 1.807) is 23.7 Å². The van der Waals surface area contributed by atoms with E-state index >= 15 is 0 Å². The number of hydrogen-bond donors (Lipinski definition) is 0. The zero-order valence-electron chi connectivity index (χ0n) is 11.7. The van der Waals surface area contributed by atoms with E-state index in [9.17, 15) is 4.79 Å². The van der Waals surface area contributed by atoms with Crippen molar-refractivity contribution in [3.63, 3.8) is 0 Å². The second-order valence-corrected chi connectivity index (χ2v) is 6.50. The third-order valence-electron chi connectivity index (χ3n) is 3.33. The lowest BCUT2D eigenvalue weighted by Gasteiger charge is -2.09. The van der Waals surface area contributed by atoms with Crippen LogP contribution in [-0.2, 0) is 12.8 Å². The summed E-state index contributed by atoms with van der Waals surface area (Å²) in [6.45, 7) is 0. The van der Waals surface area contributed by atoms with Gasteiger partial charge in [0, 0.05) is 12.8 Å². The summed E-state index contributed by atoms with van der Waals surface area (Å²) in [5.41, 5.74) is 1.57. The minimum Gasteiger partial charge on any atom is -0.290 e. The highest BCUT2D eigenvalue weighted by Crippen LogP contribution is 2.30. The molecule has 0 unspecified atom stereocenters. The van der Waals surface area contributed by atoms with Crippen molar-refractivity contribution >= 4 is 45.9 Å². The molecular formula is C16H12Cl2N2OS. The van der Waals surface area contributed by atoms with Crippen LogP contribution in [-0.4, -0.2) is 9.55 Å². The van der Waals surface area contributed by atoms with Gasteiger partial charge < -0.3 is 0 Å². The number of para-hydroxylation sites is 1. The van der Waals surface area contributed by atoms with Gasteiger partial charge in [0.1, 0.15) is 0 Å². The topological polar surface area (TPSA) is 34.9 Å². The first kappa shape index (κ1) is 15.4. The normalized spacial score (nSPS) is 11.0. The molecule has 112 valence electrons. The average Bonchev–Trinajstić information content (AvgIpc) is 2.53. The molecule has 0 N–H and O–H groups in total. The number of fused-ring (bicyclic) bond motifs is 1. The van der Waals surface area contributed by atoms with E-state index in [2.05, 4.69) is 4.98 Å². The van der Waals surface area contributed by atoms with Gasteiger partial charge in [0.2, 0.25) is 0 Å². The lowest BCUT2D eigenvalue weighted by molar-refractivity contribution is 0.726. The molecule has 0 saturated heterocycles. The Bertz CT molecular complexity index is 908. The molecule has 0 aliphatic rings. The first-order valence-electron chi connectivity index (χ1n) is 6.59. The molecule has 0 fully saturated rings. The van der Waals surface area contributed by atoms with Crippen molar-refractivity contribution in [1.29, 1.82) is 0 Å². The zero-order valence-corrected chi connectivity index (χ0v) is 14.0. The maximum atomic E-state index is 12.3. The van der Waals surface area contributed by atoms with Crippen molar-refractivity contribution in [3.8, 4) is 0 Å². The van der Waals surface area contributed by atoms with Gasteiger partial charge in [0.25, 0.3) is 5.56 Å². The molecule has 3 aromatic rings. The summed E-state index contributed by atoms with van der Waals surface area (Å²) in [5, 5.41) is 2.34. The first-order valence-corrected chi connectivity index (χ1v) is 8.33. The molecule has 3 nitrogen and oxygen atoms in total. The molecule has 2 aromatic carbocycles. The quantitative estimate of drug-likeness (QED) is 0.514. The SMILES string of the molecule is Cn1c(SCc2cccc(Cl)c2Cl)nc2ccccc2c1=O. The van der Waals surface area contributed by atoms with Crippen LogP contribution in [0.1, 0.15) is 5.56 Å². The molecule has 22 heavy (non-hydrogen) atoms. The number of aromatic nitrogens is 2. The molecule has 0 saturated carbocycles. The van der Waals surface area contributed by atoms with Gasteiger partial charge in [-0.1, -0.05) is 59.2 Å². The summed E-state index contributed by atoms with van der Waals surface area (Å²) in [4.78, 5) is 16.9. The highest BCUT2D eigenvalue weighted by Gasteiger charge is 2.10. The molecule has 1 aromatic heterocycles. The molecule has 0 radical (unpaired) electrons. The fourth-order valence-corrected chi connectivity index (χ4v) is 3.56. The van der Waals surface area contributed by atoms with Gasteiger partial charge in [-0.25, -0.2) is 4.98 Å². The smallest absolute Gasteiger partial charge is 0.261 e. The summed E-state index contributed by atoms with van der Waals surface area (Å²) in [7, 11) is 1.73. The fourth-order valence-electron chi connectivity index (χ4n) is 2.13. The van der Waals surface area contributed by atoms with Crippen LogP contribution in [0, 0.1) is 0 Å². The van der Waals surface area contributed by atoms with Crippen LogP contribution in [0.3, 0.4) is 0 Å². The van der Waals surface area contributed by atoms with Crippen LogP contribution < -0.4 is 5.56 Å². The van der Waals surface area contributed by atoms with E-state index in [1.165, 1.54) is 11.8 Å². The maximum absolute atomic E-state index is 12.3. The second-order valence-electron chi connectivity index (χ2n) is 4.78. The van der Waals surface area contributed by atoms with Gasteiger partial charge >= 0.3 is 0 Å². The summed E-state index contributed by atoms with van der Waals surface area (Å²) in [6, 6.07) is 12.9. The molecule has 0 amide bonds. The number of halogens is 2. The van der Waals surface area contributed by atoms with Gasteiger partial charge in [-0.15, -0.1) is 0 Å². The van der Waals surface area contributed by atoms with Crippen LogP contribution >= 0.6 is 35.0 Å². The zero-order chi connectivity index (χ0) is 15.7. The van der Waals surface area contributed by atoms with Crippen LogP contribution in [0.5, 0.6) is 0 Å². The van der Waals surface area contributed by atoms with E-state index in [-0.39, 0.29) is 5.56 Å². The number of thioether (sulfide) groups is 1. The predicted molar refractivity (Wildman–Crippen MR) is 93.0 cm³/mol. The molecule has 6 heteroatoms. The molecule has 3 rings (SSSR count). The Morgan fingerprint density at radius 1 is 1.14 bits per heavy atom. The Morgan fingerprint density at radius 2 is 1.91 bits per heavy atom. The van der Waals surface area contributed by atoms with Gasteiger partial charge in [-0.3, -0.25) is 9.36 Å². The molecule has 0 spiro atoms. The largest absolute Gasteiger partial charge is 0.290 e. The Balaban J connectivity index is 1.96. The Kier molecular flexibility index (Phi) is 4.43. The lowest BCUT2D eigenvalue weighted by atomic mass is 10.2. The minimum atomic E-state index is -0.0507. The standard InChI is InChI=1S/C16H12Cl2N2OS/c1-20-15(21)11-6-2-3-8-13(11)19-16(20)22-9-10-5-4-7-12(17)14(10)18/h2-8H,9H2,1H3. The average molecular weight is 351 g/mol. The number of nitrogens with zero attached hydrogens (tertiary/aromatic N) is 2. The van der Waals surface area contributed by atoms with Gasteiger partial charge in [0.05, 0.1) is 20.9 Å². The van der Waals surface area contributed by atoms with Gasteiger partial charge in [-0.05, 0) is 23.8 Å². The van der Waals surface area contributed by atoms with E-state index in [0.717, 1.165) is 5.56 Å². The number of rotatable bonds is 3. The third kappa shape index (κ3) is 2.86. The molecule has 0 aliphatic carbocycles. The van der Waals surface area contributed by atoms with Crippen LogP contribution in [0.4, 0.5) is 0 Å². The third-order valence-corrected chi connectivity index (χ3v) is 5.27. The van der Waals surface area contributed by atoms with Gasteiger partial charge in [0.15, 0.2) is 5.16 Å². The van der Waals surface area contributed by atoms with Crippen LogP contribution in [0.25, 0.3) is 10.9 Å². The Hall–Kier alpha value is -1.49. The second kappa shape index (κ2) is 6.32. The summed E-state index contributed by atoms with van der Waals surface area (Å²) in [5.74, 6) is 0.595. The highest BCUT2D eigenvalue weighted by atomic mass is 35.5. The monoisotopic (exact) mass is 350 g/mol. The highest BCUT2D eigenvalue weighted by molar-refractivity contribution is 7.98. The Labute approximate surface area is 141 Å². The summed E-state index contributed by atoms with van der Waals surface area (Å²) < 4.78 is 1.56.